The number of rotatable bonds is 3. The van der Waals surface area contributed by atoms with Gasteiger partial charge in [0.1, 0.15) is 4.90 Å². The lowest BCUT2D eigenvalue weighted by atomic mass is 10.2. The van der Waals surface area contributed by atoms with Crippen molar-refractivity contribution in [2.45, 2.75) is 37.9 Å². The molecule has 0 unspecified atom stereocenters. The third-order valence-electron chi connectivity index (χ3n) is 3.98. The first-order valence-corrected chi connectivity index (χ1v) is 9.26. The molecule has 0 saturated carbocycles. The highest BCUT2D eigenvalue weighted by atomic mass is 32.2. The summed E-state index contributed by atoms with van der Waals surface area (Å²) in [6.45, 7) is 4.76. The minimum absolute atomic E-state index is 0.112. The van der Waals surface area contributed by atoms with E-state index in [4.69, 9.17) is 0 Å². The van der Waals surface area contributed by atoms with Crippen LogP contribution in [0.3, 0.4) is 0 Å². The van der Waals surface area contributed by atoms with Gasteiger partial charge in [0.2, 0.25) is 0 Å². The fourth-order valence-corrected chi connectivity index (χ4v) is 4.30. The molecule has 3 rings (SSSR count). The van der Waals surface area contributed by atoms with Crippen LogP contribution in [0.1, 0.15) is 31.1 Å². The molecule has 8 nitrogen and oxygen atoms in total. The maximum atomic E-state index is 13.4. The summed E-state index contributed by atoms with van der Waals surface area (Å²) in [6, 6.07) is -0.0670. The van der Waals surface area contributed by atoms with Gasteiger partial charge < -0.3 is 0 Å². The van der Waals surface area contributed by atoms with Crippen LogP contribution < -0.4 is 5.56 Å². The number of hydrogen-bond donors (Lipinski definition) is 0. The molecule has 3 aromatic heterocycles. The van der Waals surface area contributed by atoms with Crippen molar-refractivity contribution in [3.8, 4) is 0 Å². The van der Waals surface area contributed by atoms with E-state index in [-0.39, 0.29) is 22.7 Å². The van der Waals surface area contributed by atoms with Crippen molar-refractivity contribution in [2.24, 2.45) is 7.05 Å². The number of fused-ring (bicyclic) bond motifs is 1. The molecule has 0 aromatic carbocycles. The Morgan fingerprint density at radius 3 is 2.26 bits per heavy atom. The van der Waals surface area contributed by atoms with E-state index < -0.39 is 38.4 Å². The third-order valence-corrected chi connectivity index (χ3v) is 5.77. The largest absolute Gasteiger partial charge is 0.417 e. The first-order valence-electron chi connectivity index (χ1n) is 7.82. The maximum Gasteiger partial charge on any atom is 0.417 e. The molecule has 3 heterocycles. The SMILES string of the molecule is Cc1nn(C)cc1S(=O)(=O)n1c(=O)cc(C(F)(F)F)c2cn(C(C)C)nc21. The van der Waals surface area contributed by atoms with Crippen molar-refractivity contribution in [2.75, 3.05) is 0 Å². The van der Waals surface area contributed by atoms with Gasteiger partial charge in [0.25, 0.3) is 15.6 Å². The average Bonchev–Trinajstić information content (AvgIpc) is 3.08. The van der Waals surface area contributed by atoms with Crippen molar-refractivity contribution >= 4 is 21.1 Å². The van der Waals surface area contributed by atoms with Gasteiger partial charge >= 0.3 is 6.18 Å². The van der Waals surface area contributed by atoms with Crippen LogP contribution in [0, 0.1) is 6.92 Å². The molecule has 0 radical (unpaired) electrons. The lowest BCUT2D eigenvalue weighted by molar-refractivity contribution is -0.136. The van der Waals surface area contributed by atoms with Crippen LogP contribution in [0.25, 0.3) is 11.0 Å². The van der Waals surface area contributed by atoms with Crippen molar-refractivity contribution in [1.29, 1.82) is 0 Å². The molecule has 0 atom stereocenters. The standard InChI is InChI=1S/C15H16F3N5O3S/c1-8(2)22-6-10-11(15(16,17)18)5-13(24)23(14(10)20-22)27(25,26)12-7-21(4)19-9(12)3/h5-8H,1-4H3. The molecule has 0 fully saturated rings. The molecular weight excluding hydrogens is 387 g/mol. The summed E-state index contributed by atoms with van der Waals surface area (Å²) >= 11 is 0. The smallest absolute Gasteiger partial charge is 0.274 e. The van der Waals surface area contributed by atoms with Crippen LogP contribution in [0.4, 0.5) is 13.2 Å². The second-order valence-electron chi connectivity index (χ2n) is 6.36. The van der Waals surface area contributed by atoms with Gasteiger partial charge in [0.15, 0.2) is 5.65 Å². The molecule has 0 amide bonds. The topological polar surface area (TPSA) is 91.8 Å². The normalized spacial score (nSPS) is 13.0. The first-order chi connectivity index (χ1) is 12.3. The quantitative estimate of drug-likeness (QED) is 0.668. The second kappa shape index (κ2) is 5.94. The molecule has 3 aromatic rings. The Morgan fingerprint density at radius 1 is 1.15 bits per heavy atom. The fraction of sp³-hybridized carbons (Fsp3) is 0.400. The van der Waals surface area contributed by atoms with Crippen LogP contribution >= 0.6 is 0 Å². The molecule has 0 saturated heterocycles. The Labute approximate surface area is 151 Å². The summed E-state index contributed by atoms with van der Waals surface area (Å²) in [7, 11) is -3.01. The highest BCUT2D eigenvalue weighted by Gasteiger charge is 2.37. The van der Waals surface area contributed by atoms with Crippen LogP contribution in [-0.4, -0.2) is 32.0 Å². The Morgan fingerprint density at radius 2 is 1.78 bits per heavy atom. The van der Waals surface area contributed by atoms with E-state index in [9.17, 15) is 26.4 Å². The number of hydrogen-bond acceptors (Lipinski definition) is 5. The molecular formula is C15H16F3N5O3S. The number of nitrogens with zero attached hydrogens (tertiary/aromatic N) is 5. The zero-order valence-electron chi connectivity index (χ0n) is 14.8. The van der Waals surface area contributed by atoms with E-state index in [1.165, 1.54) is 29.5 Å². The average molecular weight is 403 g/mol. The minimum atomic E-state index is -4.84. The van der Waals surface area contributed by atoms with Gasteiger partial charge in [-0.15, -0.1) is 0 Å². The van der Waals surface area contributed by atoms with E-state index in [1.54, 1.807) is 13.8 Å². The van der Waals surface area contributed by atoms with Crippen molar-refractivity contribution < 1.29 is 21.6 Å². The third kappa shape index (κ3) is 3.03. The Balaban J connectivity index is 2.46. The van der Waals surface area contributed by atoms with E-state index in [1.807, 2.05) is 0 Å². The fourth-order valence-electron chi connectivity index (χ4n) is 2.75. The predicted molar refractivity (Wildman–Crippen MR) is 89.9 cm³/mol. The minimum Gasteiger partial charge on any atom is -0.274 e. The Hall–Kier alpha value is -2.63. The number of pyridine rings is 1. The lowest BCUT2D eigenvalue weighted by Gasteiger charge is -2.11. The monoisotopic (exact) mass is 403 g/mol. The molecule has 12 heteroatoms. The Bertz CT molecular complexity index is 1200. The first kappa shape index (κ1) is 19.1. The van der Waals surface area contributed by atoms with Gasteiger partial charge in [-0.2, -0.15) is 27.3 Å². The zero-order chi connectivity index (χ0) is 20.3. The van der Waals surface area contributed by atoms with Crippen molar-refractivity contribution in [1.82, 2.24) is 23.5 Å². The van der Waals surface area contributed by atoms with Crippen LogP contribution in [0.15, 0.2) is 28.2 Å². The lowest BCUT2D eigenvalue weighted by Crippen LogP contribution is -2.29. The number of halogens is 3. The van der Waals surface area contributed by atoms with Gasteiger partial charge in [0, 0.05) is 31.5 Å². The number of alkyl halides is 3. The van der Waals surface area contributed by atoms with E-state index in [2.05, 4.69) is 10.2 Å². The molecule has 0 N–H and O–H groups in total. The molecule has 0 aliphatic heterocycles. The summed E-state index contributed by atoms with van der Waals surface area (Å²) in [6.07, 6.45) is -2.57. The molecule has 0 bridgehead atoms. The van der Waals surface area contributed by atoms with Gasteiger partial charge in [-0.1, -0.05) is 0 Å². The molecule has 0 spiro atoms. The highest BCUT2D eigenvalue weighted by Crippen LogP contribution is 2.34. The summed E-state index contributed by atoms with van der Waals surface area (Å²) in [5, 5.41) is 7.40. The molecule has 27 heavy (non-hydrogen) atoms. The number of aromatic nitrogens is 5. The summed E-state index contributed by atoms with van der Waals surface area (Å²) in [5.74, 6) is 0. The Kier molecular flexibility index (Phi) is 4.21. The summed E-state index contributed by atoms with van der Waals surface area (Å²) in [4.78, 5) is 12.1. The van der Waals surface area contributed by atoms with Crippen LogP contribution in [-0.2, 0) is 23.2 Å². The zero-order valence-corrected chi connectivity index (χ0v) is 15.6. The van der Waals surface area contributed by atoms with Crippen LogP contribution in [0.5, 0.6) is 0 Å². The van der Waals surface area contributed by atoms with Gasteiger partial charge in [-0.3, -0.25) is 14.2 Å². The van der Waals surface area contributed by atoms with Gasteiger partial charge in [-0.25, -0.2) is 8.42 Å². The van der Waals surface area contributed by atoms with E-state index in [0.717, 1.165) is 6.20 Å². The van der Waals surface area contributed by atoms with Crippen molar-refractivity contribution in [3.05, 3.63) is 40.1 Å². The van der Waals surface area contributed by atoms with Crippen LogP contribution in [0.2, 0.25) is 0 Å². The predicted octanol–water partition coefficient (Wildman–Crippen LogP) is 2.08. The van der Waals surface area contributed by atoms with E-state index >= 15 is 0 Å². The molecule has 0 aliphatic rings. The maximum absolute atomic E-state index is 13.4. The summed E-state index contributed by atoms with van der Waals surface area (Å²) in [5.41, 5.74) is -3.04. The highest BCUT2D eigenvalue weighted by molar-refractivity contribution is 7.90. The van der Waals surface area contributed by atoms with Gasteiger partial charge in [-0.05, 0) is 20.8 Å². The number of aryl methyl sites for hydroxylation is 2. The van der Waals surface area contributed by atoms with Crippen molar-refractivity contribution in [3.63, 3.8) is 0 Å². The molecule has 0 aliphatic carbocycles. The molecule has 146 valence electrons. The van der Waals surface area contributed by atoms with E-state index in [0.29, 0.717) is 3.97 Å². The van der Waals surface area contributed by atoms with Gasteiger partial charge in [0.05, 0.1) is 16.6 Å². The summed E-state index contributed by atoms with van der Waals surface area (Å²) < 4.78 is 68.9. The second-order valence-corrected chi connectivity index (χ2v) is 8.11.